The van der Waals surface area contributed by atoms with Crippen LogP contribution in [-0.4, -0.2) is 0 Å². The summed E-state index contributed by atoms with van der Waals surface area (Å²) in [5.74, 6) is 0.905. The van der Waals surface area contributed by atoms with E-state index >= 15 is 0 Å². The summed E-state index contributed by atoms with van der Waals surface area (Å²) >= 11 is 0. The molecule has 0 saturated carbocycles. The van der Waals surface area contributed by atoms with Gasteiger partial charge in [0.15, 0.2) is 0 Å². The SMILES string of the molecule is Cc1ccc(CNCc2ccc(OCc3ccc(C)cc3)cc2)cc1. The number of nitrogens with one attached hydrogen (secondary N) is 1. The van der Waals surface area contributed by atoms with E-state index in [0.717, 1.165) is 18.8 Å². The second kappa shape index (κ2) is 8.50. The van der Waals surface area contributed by atoms with Crippen molar-refractivity contribution in [3.8, 4) is 5.75 Å². The molecule has 0 aliphatic heterocycles. The number of benzene rings is 3. The molecule has 0 unspecified atom stereocenters. The van der Waals surface area contributed by atoms with Crippen LogP contribution >= 0.6 is 0 Å². The van der Waals surface area contributed by atoms with Gasteiger partial charge in [0, 0.05) is 13.1 Å². The van der Waals surface area contributed by atoms with Crippen LogP contribution in [0.2, 0.25) is 0 Å². The molecule has 128 valence electrons. The monoisotopic (exact) mass is 331 g/mol. The maximum absolute atomic E-state index is 5.85. The lowest BCUT2D eigenvalue weighted by atomic mass is 10.1. The lowest BCUT2D eigenvalue weighted by Crippen LogP contribution is -2.12. The van der Waals surface area contributed by atoms with Crippen LogP contribution in [0.25, 0.3) is 0 Å². The van der Waals surface area contributed by atoms with Crippen molar-refractivity contribution in [1.29, 1.82) is 0 Å². The molecule has 25 heavy (non-hydrogen) atoms. The third-order valence-corrected chi connectivity index (χ3v) is 4.23. The fraction of sp³-hybridized carbons (Fsp3) is 0.217. The Morgan fingerprint density at radius 2 is 1.04 bits per heavy atom. The third-order valence-electron chi connectivity index (χ3n) is 4.23. The van der Waals surface area contributed by atoms with Gasteiger partial charge in [-0.15, -0.1) is 0 Å². The normalized spacial score (nSPS) is 10.6. The highest BCUT2D eigenvalue weighted by Gasteiger charge is 1.98. The van der Waals surface area contributed by atoms with Gasteiger partial charge in [-0.3, -0.25) is 0 Å². The highest BCUT2D eigenvalue weighted by Crippen LogP contribution is 2.15. The zero-order valence-electron chi connectivity index (χ0n) is 15.0. The Morgan fingerprint density at radius 3 is 1.56 bits per heavy atom. The van der Waals surface area contributed by atoms with Gasteiger partial charge >= 0.3 is 0 Å². The van der Waals surface area contributed by atoms with Crippen molar-refractivity contribution in [2.45, 2.75) is 33.5 Å². The van der Waals surface area contributed by atoms with Gasteiger partial charge in [-0.05, 0) is 42.7 Å². The molecule has 2 nitrogen and oxygen atoms in total. The van der Waals surface area contributed by atoms with Crippen molar-refractivity contribution in [3.63, 3.8) is 0 Å². The summed E-state index contributed by atoms with van der Waals surface area (Å²) in [6, 6.07) is 25.4. The second-order valence-corrected chi connectivity index (χ2v) is 6.51. The van der Waals surface area contributed by atoms with E-state index in [4.69, 9.17) is 4.74 Å². The van der Waals surface area contributed by atoms with Crippen LogP contribution in [0.4, 0.5) is 0 Å². The Kier molecular flexibility index (Phi) is 5.86. The number of hydrogen-bond acceptors (Lipinski definition) is 2. The summed E-state index contributed by atoms with van der Waals surface area (Å²) in [4.78, 5) is 0. The van der Waals surface area contributed by atoms with Crippen LogP contribution in [0.1, 0.15) is 27.8 Å². The highest BCUT2D eigenvalue weighted by molar-refractivity contribution is 5.28. The first-order chi connectivity index (χ1) is 12.2. The summed E-state index contributed by atoms with van der Waals surface area (Å²) < 4.78 is 5.85. The van der Waals surface area contributed by atoms with Crippen LogP contribution in [0.3, 0.4) is 0 Å². The molecule has 0 atom stereocenters. The number of ether oxygens (including phenoxy) is 1. The van der Waals surface area contributed by atoms with E-state index in [9.17, 15) is 0 Å². The Hall–Kier alpha value is -2.58. The molecular formula is C23H25NO. The zero-order valence-corrected chi connectivity index (χ0v) is 15.0. The maximum Gasteiger partial charge on any atom is 0.119 e. The number of rotatable bonds is 7. The molecule has 3 aromatic carbocycles. The van der Waals surface area contributed by atoms with Crippen molar-refractivity contribution in [2.24, 2.45) is 0 Å². The summed E-state index contributed by atoms with van der Waals surface area (Å²) in [5.41, 5.74) is 6.32. The topological polar surface area (TPSA) is 21.3 Å². The van der Waals surface area contributed by atoms with Gasteiger partial charge in [-0.1, -0.05) is 71.8 Å². The van der Waals surface area contributed by atoms with Crippen LogP contribution in [-0.2, 0) is 19.7 Å². The maximum atomic E-state index is 5.85. The fourth-order valence-corrected chi connectivity index (χ4v) is 2.61. The zero-order chi connectivity index (χ0) is 17.5. The Balaban J connectivity index is 1.45. The Labute approximate surface area is 150 Å². The molecule has 0 amide bonds. The van der Waals surface area contributed by atoms with Crippen molar-refractivity contribution in [2.75, 3.05) is 0 Å². The first-order valence-corrected chi connectivity index (χ1v) is 8.72. The lowest BCUT2D eigenvalue weighted by Gasteiger charge is -2.09. The van der Waals surface area contributed by atoms with Crippen molar-refractivity contribution < 1.29 is 4.74 Å². The molecule has 0 spiro atoms. The molecule has 0 aliphatic carbocycles. The molecular weight excluding hydrogens is 306 g/mol. The lowest BCUT2D eigenvalue weighted by molar-refractivity contribution is 0.306. The van der Waals surface area contributed by atoms with Gasteiger partial charge in [-0.25, -0.2) is 0 Å². The molecule has 3 aromatic rings. The highest BCUT2D eigenvalue weighted by atomic mass is 16.5. The quantitative estimate of drug-likeness (QED) is 0.645. The van der Waals surface area contributed by atoms with Gasteiger partial charge in [0.25, 0.3) is 0 Å². The van der Waals surface area contributed by atoms with E-state index in [1.54, 1.807) is 0 Å². The van der Waals surface area contributed by atoms with Crippen LogP contribution < -0.4 is 10.1 Å². The van der Waals surface area contributed by atoms with Gasteiger partial charge in [0.05, 0.1) is 0 Å². The van der Waals surface area contributed by atoms with E-state index in [1.807, 2.05) is 12.1 Å². The largest absolute Gasteiger partial charge is 0.489 e. The average molecular weight is 331 g/mol. The van der Waals surface area contributed by atoms with Gasteiger partial charge in [-0.2, -0.15) is 0 Å². The Morgan fingerprint density at radius 1 is 0.600 bits per heavy atom. The second-order valence-electron chi connectivity index (χ2n) is 6.51. The first-order valence-electron chi connectivity index (χ1n) is 8.72. The standard InChI is InChI=1S/C23H25NO/c1-18-3-7-20(8-4-18)15-24-16-21-11-13-23(14-12-21)25-17-22-9-5-19(2)6-10-22/h3-14,24H,15-17H2,1-2H3. The predicted octanol–water partition coefficient (Wildman–Crippen LogP) is 5.17. The van der Waals surface area contributed by atoms with Crippen LogP contribution in [0.5, 0.6) is 5.75 Å². The fourth-order valence-electron chi connectivity index (χ4n) is 2.61. The summed E-state index contributed by atoms with van der Waals surface area (Å²) in [6.07, 6.45) is 0. The number of hydrogen-bond donors (Lipinski definition) is 1. The molecule has 0 radical (unpaired) electrons. The summed E-state index contributed by atoms with van der Waals surface area (Å²) in [5, 5.41) is 3.48. The van der Waals surface area contributed by atoms with Crippen LogP contribution in [0.15, 0.2) is 72.8 Å². The average Bonchev–Trinajstić information content (AvgIpc) is 2.64. The van der Waals surface area contributed by atoms with Crippen molar-refractivity contribution >= 4 is 0 Å². The number of aryl methyl sites for hydroxylation is 2. The molecule has 3 rings (SSSR count). The van der Waals surface area contributed by atoms with E-state index in [2.05, 4.69) is 79.8 Å². The first kappa shape index (κ1) is 17.2. The summed E-state index contributed by atoms with van der Waals surface area (Å²) in [6.45, 7) is 6.54. The molecule has 0 aromatic heterocycles. The smallest absolute Gasteiger partial charge is 0.119 e. The van der Waals surface area contributed by atoms with E-state index in [1.165, 1.54) is 27.8 Å². The van der Waals surface area contributed by atoms with E-state index < -0.39 is 0 Å². The van der Waals surface area contributed by atoms with Crippen molar-refractivity contribution in [3.05, 3.63) is 101 Å². The minimum absolute atomic E-state index is 0.602. The van der Waals surface area contributed by atoms with Gasteiger partial charge < -0.3 is 10.1 Å². The third kappa shape index (κ3) is 5.47. The molecule has 0 heterocycles. The van der Waals surface area contributed by atoms with Crippen molar-refractivity contribution in [1.82, 2.24) is 5.32 Å². The minimum Gasteiger partial charge on any atom is -0.489 e. The van der Waals surface area contributed by atoms with Gasteiger partial charge in [0.2, 0.25) is 0 Å². The molecule has 2 heteroatoms. The Bertz CT molecular complexity index is 774. The predicted molar refractivity (Wildman–Crippen MR) is 104 cm³/mol. The summed E-state index contributed by atoms with van der Waals surface area (Å²) in [7, 11) is 0. The molecule has 1 N–H and O–H groups in total. The molecule has 0 saturated heterocycles. The molecule has 0 bridgehead atoms. The van der Waals surface area contributed by atoms with Gasteiger partial charge in [0.1, 0.15) is 12.4 Å². The molecule has 0 aliphatic rings. The van der Waals surface area contributed by atoms with Crippen LogP contribution in [0, 0.1) is 13.8 Å². The van der Waals surface area contributed by atoms with E-state index in [-0.39, 0.29) is 0 Å². The minimum atomic E-state index is 0.602. The van der Waals surface area contributed by atoms with E-state index in [0.29, 0.717) is 6.61 Å². The molecule has 0 fully saturated rings.